The molecule has 0 aliphatic heterocycles. The van der Waals surface area contributed by atoms with Gasteiger partial charge in [0.05, 0.1) is 22.3 Å². The number of aromatic nitrogens is 1. The lowest BCUT2D eigenvalue weighted by atomic mass is 10.0. The third kappa shape index (κ3) is 3.48. The van der Waals surface area contributed by atoms with Crippen molar-refractivity contribution in [3.8, 4) is 6.07 Å². The number of fused-ring (bicyclic) bond motifs is 1. The Morgan fingerprint density at radius 2 is 1.96 bits per heavy atom. The first kappa shape index (κ1) is 18.1. The first-order chi connectivity index (χ1) is 12.5. The first-order valence-corrected chi connectivity index (χ1v) is 8.52. The van der Waals surface area contributed by atoms with Crippen LogP contribution in [-0.2, 0) is 0 Å². The molecule has 3 rings (SSSR count). The minimum absolute atomic E-state index is 0.0679. The third-order valence-corrected chi connectivity index (χ3v) is 4.64. The van der Waals surface area contributed by atoms with Crippen LogP contribution in [0.25, 0.3) is 10.9 Å². The highest BCUT2D eigenvalue weighted by Gasteiger charge is 2.18. The molecule has 0 amide bonds. The van der Waals surface area contributed by atoms with Crippen LogP contribution in [-0.4, -0.2) is 30.5 Å². The summed E-state index contributed by atoms with van der Waals surface area (Å²) in [5.74, 6) is -0.468. The van der Waals surface area contributed by atoms with Crippen LogP contribution in [0.2, 0.25) is 5.02 Å². The van der Waals surface area contributed by atoms with E-state index in [1.54, 1.807) is 0 Å². The topological polar surface area (TPSA) is 52.0 Å². The lowest BCUT2D eigenvalue weighted by molar-refractivity contribution is 0.312. The number of nitrogens with one attached hydrogen (secondary N) is 1. The van der Waals surface area contributed by atoms with Crippen LogP contribution < -0.4 is 5.32 Å². The van der Waals surface area contributed by atoms with Gasteiger partial charge in [0.25, 0.3) is 0 Å². The van der Waals surface area contributed by atoms with Gasteiger partial charge in [0.1, 0.15) is 17.4 Å². The van der Waals surface area contributed by atoms with E-state index in [0.717, 1.165) is 5.56 Å². The van der Waals surface area contributed by atoms with Crippen LogP contribution in [0, 0.1) is 17.1 Å². The van der Waals surface area contributed by atoms with Crippen LogP contribution in [0.3, 0.4) is 0 Å². The fourth-order valence-corrected chi connectivity index (χ4v) is 3.22. The maximum atomic E-state index is 14.1. The van der Waals surface area contributed by atoms with Crippen molar-refractivity contribution in [1.29, 1.82) is 5.26 Å². The van der Waals surface area contributed by atoms with E-state index in [-0.39, 0.29) is 11.6 Å². The summed E-state index contributed by atoms with van der Waals surface area (Å²) >= 11 is 6.29. The average molecular weight is 369 g/mol. The molecule has 1 atom stereocenters. The molecule has 1 aromatic heterocycles. The monoisotopic (exact) mass is 368 g/mol. The summed E-state index contributed by atoms with van der Waals surface area (Å²) in [4.78, 5) is 6.14. The highest BCUT2D eigenvalue weighted by atomic mass is 35.5. The van der Waals surface area contributed by atoms with Gasteiger partial charge < -0.3 is 10.2 Å². The number of anilines is 1. The molecule has 132 valence electrons. The van der Waals surface area contributed by atoms with E-state index >= 15 is 0 Å². The molecule has 3 aromatic rings. The van der Waals surface area contributed by atoms with Gasteiger partial charge >= 0.3 is 0 Å². The number of likely N-dealkylation sites (N-methyl/N-ethyl adjacent to an activating group) is 1. The summed E-state index contributed by atoms with van der Waals surface area (Å²) in [6.45, 7) is 0.525. The van der Waals surface area contributed by atoms with E-state index in [1.165, 1.54) is 18.3 Å². The van der Waals surface area contributed by atoms with Gasteiger partial charge in [-0.3, -0.25) is 4.98 Å². The Balaban J connectivity index is 2.03. The summed E-state index contributed by atoms with van der Waals surface area (Å²) < 4.78 is 14.1. The van der Waals surface area contributed by atoms with Gasteiger partial charge in [0.2, 0.25) is 0 Å². The second-order valence-corrected chi connectivity index (χ2v) is 6.59. The first-order valence-electron chi connectivity index (χ1n) is 8.15. The van der Waals surface area contributed by atoms with Crippen LogP contribution in [0.15, 0.2) is 48.7 Å². The van der Waals surface area contributed by atoms with Gasteiger partial charge in [-0.05, 0) is 31.8 Å². The highest BCUT2D eigenvalue weighted by Crippen LogP contribution is 2.34. The largest absolute Gasteiger partial charge is 0.381 e. The van der Waals surface area contributed by atoms with E-state index in [0.29, 0.717) is 28.2 Å². The molecular weight excluding hydrogens is 351 g/mol. The molecule has 0 radical (unpaired) electrons. The Morgan fingerprint density at radius 1 is 1.23 bits per heavy atom. The second kappa shape index (κ2) is 7.69. The second-order valence-electron chi connectivity index (χ2n) is 6.18. The van der Waals surface area contributed by atoms with Gasteiger partial charge in [0, 0.05) is 18.1 Å². The van der Waals surface area contributed by atoms with Crippen molar-refractivity contribution in [1.82, 2.24) is 9.88 Å². The van der Waals surface area contributed by atoms with Gasteiger partial charge in [-0.1, -0.05) is 41.9 Å². The van der Waals surface area contributed by atoms with Crippen molar-refractivity contribution in [2.75, 3.05) is 26.0 Å². The van der Waals surface area contributed by atoms with Crippen molar-refractivity contribution in [2.45, 2.75) is 6.04 Å². The molecule has 0 spiro atoms. The maximum absolute atomic E-state index is 14.1. The lowest BCUT2D eigenvalue weighted by Gasteiger charge is -2.26. The minimum Gasteiger partial charge on any atom is -0.381 e. The molecule has 1 N–H and O–H groups in total. The zero-order valence-electron chi connectivity index (χ0n) is 14.5. The quantitative estimate of drug-likeness (QED) is 0.714. The third-order valence-electron chi connectivity index (χ3n) is 4.32. The number of hydrogen-bond acceptors (Lipinski definition) is 4. The number of nitriles is 1. The van der Waals surface area contributed by atoms with Crippen molar-refractivity contribution < 1.29 is 4.39 Å². The fraction of sp³-hybridized carbons (Fsp3) is 0.200. The Bertz CT molecular complexity index is 967. The molecule has 0 saturated heterocycles. The van der Waals surface area contributed by atoms with E-state index in [9.17, 15) is 9.65 Å². The number of rotatable bonds is 5. The molecule has 2 aromatic carbocycles. The number of hydrogen-bond donors (Lipinski definition) is 1. The maximum Gasteiger partial charge on any atom is 0.149 e. The molecule has 1 unspecified atom stereocenters. The van der Waals surface area contributed by atoms with E-state index in [1.807, 2.05) is 32.3 Å². The molecule has 6 heteroatoms. The summed E-state index contributed by atoms with van der Waals surface area (Å²) in [6, 6.07) is 15.0. The average Bonchev–Trinajstić information content (AvgIpc) is 2.65. The summed E-state index contributed by atoms with van der Waals surface area (Å²) in [7, 11) is 3.98. The van der Waals surface area contributed by atoms with Gasteiger partial charge in [0.15, 0.2) is 0 Å². The zero-order chi connectivity index (χ0) is 18.7. The van der Waals surface area contributed by atoms with Gasteiger partial charge in [-0.15, -0.1) is 0 Å². The minimum atomic E-state index is -0.468. The Labute approximate surface area is 156 Å². The van der Waals surface area contributed by atoms with Crippen molar-refractivity contribution in [3.63, 3.8) is 0 Å². The van der Waals surface area contributed by atoms with Crippen molar-refractivity contribution in [3.05, 3.63) is 70.6 Å². The van der Waals surface area contributed by atoms with Crippen LogP contribution in [0.5, 0.6) is 0 Å². The number of benzene rings is 2. The van der Waals surface area contributed by atoms with Crippen molar-refractivity contribution >= 4 is 28.2 Å². The molecule has 0 aliphatic carbocycles. The van der Waals surface area contributed by atoms with E-state index in [2.05, 4.69) is 33.4 Å². The lowest BCUT2D eigenvalue weighted by Crippen LogP contribution is -2.27. The predicted octanol–water partition coefficient (Wildman–Crippen LogP) is 4.61. The number of nitrogens with zero attached hydrogens (tertiary/aromatic N) is 3. The highest BCUT2D eigenvalue weighted by molar-refractivity contribution is 6.36. The molecule has 0 fully saturated rings. The Hall–Kier alpha value is -2.68. The van der Waals surface area contributed by atoms with Crippen LogP contribution in [0.4, 0.5) is 10.1 Å². The summed E-state index contributed by atoms with van der Waals surface area (Å²) in [5, 5.41) is 13.5. The molecule has 0 bridgehead atoms. The summed E-state index contributed by atoms with van der Waals surface area (Å²) in [6.07, 6.45) is 1.37. The van der Waals surface area contributed by atoms with E-state index < -0.39 is 5.82 Å². The Kier molecular flexibility index (Phi) is 5.36. The van der Waals surface area contributed by atoms with E-state index in [4.69, 9.17) is 11.6 Å². The normalized spacial score (nSPS) is 12.2. The fourth-order valence-electron chi connectivity index (χ4n) is 2.97. The van der Waals surface area contributed by atoms with Crippen molar-refractivity contribution in [2.24, 2.45) is 0 Å². The van der Waals surface area contributed by atoms with Crippen LogP contribution in [0.1, 0.15) is 17.2 Å². The van der Waals surface area contributed by atoms with Gasteiger partial charge in [-0.2, -0.15) is 5.26 Å². The molecule has 1 heterocycles. The smallest absolute Gasteiger partial charge is 0.149 e. The van der Waals surface area contributed by atoms with Gasteiger partial charge in [-0.25, -0.2) is 4.39 Å². The Morgan fingerprint density at radius 3 is 2.62 bits per heavy atom. The predicted molar refractivity (Wildman–Crippen MR) is 103 cm³/mol. The summed E-state index contributed by atoms with van der Waals surface area (Å²) in [5.41, 5.74) is 2.12. The number of pyridine rings is 1. The molecule has 26 heavy (non-hydrogen) atoms. The SMILES string of the molecule is CN(C)C(CNc1c(C#N)cnc2c(F)ccc(Cl)c12)c1ccccc1. The van der Waals surface area contributed by atoms with Crippen LogP contribution >= 0.6 is 11.6 Å². The zero-order valence-corrected chi connectivity index (χ0v) is 15.3. The molecule has 0 aliphatic rings. The standard InChI is InChI=1S/C20H18ClFN4/c1-26(2)17(13-6-4-3-5-7-13)12-25-19-14(10-23)11-24-20-16(22)9-8-15(21)18(19)20/h3-9,11,17H,12H2,1-2H3,(H,24,25). The molecule has 0 saturated carbocycles. The molecular formula is C20H18ClFN4. The molecule has 4 nitrogen and oxygen atoms in total. The number of halogens is 2.